The Balaban J connectivity index is 1.44. The molecule has 0 spiro atoms. The fourth-order valence-corrected chi connectivity index (χ4v) is 3.65. The predicted octanol–water partition coefficient (Wildman–Crippen LogP) is 1.75. The molecule has 132 valence electrons. The summed E-state index contributed by atoms with van der Waals surface area (Å²) in [5.41, 5.74) is 0.645. The second-order valence-corrected chi connectivity index (χ2v) is 6.59. The number of amides is 1. The third-order valence-corrected chi connectivity index (χ3v) is 5.06. The number of anilines is 1. The molecular formula is C18H22N4O3. The summed E-state index contributed by atoms with van der Waals surface area (Å²) in [5.74, 6) is 1.82. The molecule has 0 saturated carbocycles. The van der Waals surface area contributed by atoms with Gasteiger partial charge in [-0.25, -0.2) is 9.97 Å². The van der Waals surface area contributed by atoms with E-state index in [0.717, 1.165) is 32.0 Å². The Morgan fingerprint density at radius 3 is 2.84 bits per heavy atom. The van der Waals surface area contributed by atoms with Gasteiger partial charge < -0.3 is 19.0 Å². The van der Waals surface area contributed by atoms with E-state index >= 15 is 0 Å². The molecule has 0 unspecified atom stereocenters. The number of ether oxygens (including phenoxy) is 1. The van der Waals surface area contributed by atoms with Crippen molar-refractivity contribution in [2.45, 2.75) is 19.4 Å². The minimum absolute atomic E-state index is 0.0285. The number of fused-ring (bicyclic) bond motifs is 1. The zero-order valence-electron chi connectivity index (χ0n) is 14.3. The number of piperidine rings is 1. The maximum absolute atomic E-state index is 12.7. The monoisotopic (exact) mass is 342 g/mol. The maximum atomic E-state index is 12.7. The highest BCUT2D eigenvalue weighted by Gasteiger charge is 2.36. The average Bonchev–Trinajstić information content (AvgIpc) is 2.96. The van der Waals surface area contributed by atoms with Gasteiger partial charge in [-0.2, -0.15) is 0 Å². The first kappa shape index (κ1) is 16.1. The number of likely N-dealkylation sites (tertiary alicyclic amines) is 1. The number of hydrogen-bond donors (Lipinski definition) is 0. The number of rotatable bonds is 2. The molecule has 4 heterocycles. The fraction of sp³-hybridized carbons (Fsp3) is 0.500. The fourth-order valence-electron chi connectivity index (χ4n) is 3.65. The van der Waals surface area contributed by atoms with Crippen molar-refractivity contribution >= 4 is 11.9 Å². The van der Waals surface area contributed by atoms with Gasteiger partial charge in [0.25, 0.3) is 5.91 Å². The number of nitrogens with zero attached hydrogens (tertiary/aromatic N) is 4. The lowest BCUT2D eigenvalue weighted by Gasteiger charge is -2.37. The Labute approximate surface area is 146 Å². The number of carbonyl (C=O) groups excluding carboxylic acids is 1. The van der Waals surface area contributed by atoms with Crippen molar-refractivity contribution < 1.29 is 13.9 Å². The molecule has 2 saturated heterocycles. The third kappa shape index (κ3) is 3.24. The van der Waals surface area contributed by atoms with Crippen molar-refractivity contribution in [3.8, 4) is 0 Å². The molecule has 4 rings (SSSR count). The van der Waals surface area contributed by atoms with Crippen molar-refractivity contribution in [3.63, 3.8) is 0 Å². The van der Waals surface area contributed by atoms with Crippen LogP contribution < -0.4 is 4.90 Å². The summed E-state index contributed by atoms with van der Waals surface area (Å²) in [6, 6.07) is 3.56. The minimum atomic E-state index is 0.0285. The first-order valence-corrected chi connectivity index (χ1v) is 8.69. The van der Waals surface area contributed by atoms with Crippen LogP contribution in [-0.2, 0) is 4.74 Å². The number of aryl methyl sites for hydroxylation is 1. The average molecular weight is 342 g/mol. The Kier molecular flexibility index (Phi) is 4.40. The van der Waals surface area contributed by atoms with E-state index < -0.39 is 0 Å². The molecule has 0 aromatic carbocycles. The van der Waals surface area contributed by atoms with Gasteiger partial charge in [-0.15, -0.1) is 0 Å². The van der Waals surface area contributed by atoms with Crippen LogP contribution in [0.15, 0.2) is 35.2 Å². The van der Waals surface area contributed by atoms with E-state index in [-0.39, 0.29) is 12.0 Å². The Hall–Kier alpha value is -2.41. The van der Waals surface area contributed by atoms with Gasteiger partial charge in [0.15, 0.2) is 0 Å². The maximum Gasteiger partial charge on any atom is 0.257 e. The van der Waals surface area contributed by atoms with E-state index in [1.54, 1.807) is 24.7 Å². The number of hydrogen-bond acceptors (Lipinski definition) is 6. The van der Waals surface area contributed by atoms with E-state index in [0.29, 0.717) is 30.4 Å². The molecule has 1 amide bonds. The Bertz CT molecular complexity index is 733. The molecule has 25 heavy (non-hydrogen) atoms. The van der Waals surface area contributed by atoms with Gasteiger partial charge in [0.05, 0.1) is 24.5 Å². The second-order valence-electron chi connectivity index (χ2n) is 6.59. The topological polar surface area (TPSA) is 71.7 Å². The summed E-state index contributed by atoms with van der Waals surface area (Å²) in [6.07, 6.45) is 6.06. The van der Waals surface area contributed by atoms with E-state index in [1.165, 1.54) is 0 Å². The minimum Gasteiger partial charge on any atom is -0.469 e. The van der Waals surface area contributed by atoms with E-state index in [2.05, 4.69) is 14.9 Å². The summed E-state index contributed by atoms with van der Waals surface area (Å²) in [6.45, 7) is 5.42. The number of carbonyl (C=O) groups is 1. The van der Waals surface area contributed by atoms with Crippen molar-refractivity contribution in [3.05, 3.63) is 42.1 Å². The number of aromatic nitrogens is 2. The first-order valence-electron chi connectivity index (χ1n) is 8.69. The van der Waals surface area contributed by atoms with Crippen molar-refractivity contribution in [2.24, 2.45) is 5.92 Å². The van der Waals surface area contributed by atoms with Crippen molar-refractivity contribution in [1.82, 2.24) is 14.9 Å². The SMILES string of the molecule is Cc1occc1C(=O)N1CC[C@@H]2CN(c3ncccn3)CCO[C@@H]2C1. The van der Waals surface area contributed by atoms with Crippen LogP contribution in [0.2, 0.25) is 0 Å². The van der Waals surface area contributed by atoms with Gasteiger partial charge in [-0.3, -0.25) is 4.79 Å². The number of furan rings is 1. The molecule has 2 aliphatic rings. The zero-order chi connectivity index (χ0) is 17.2. The van der Waals surface area contributed by atoms with Crippen LogP contribution in [0.4, 0.5) is 5.95 Å². The normalized spacial score (nSPS) is 23.9. The van der Waals surface area contributed by atoms with Crippen LogP contribution in [0.3, 0.4) is 0 Å². The van der Waals surface area contributed by atoms with Gasteiger partial charge in [0.1, 0.15) is 5.76 Å². The van der Waals surface area contributed by atoms with Crippen LogP contribution >= 0.6 is 0 Å². The van der Waals surface area contributed by atoms with E-state index in [4.69, 9.17) is 9.15 Å². The smallest absolute Gasteiger partial charge is 0.257 e. The van der Waals surface area contributed by atoms with Crippen LogP contribution in [0.1, 0.15) is 22.5 Å². The lowest BCUT2D eigenvalue weighted by Crippen LogP contribution is -2.49. The molecule has 2 aromatic rings. The molecule has 7 heteroatoms. The first-order chi connectivity index (χ1) is 12.2. The van der Waals surface area contributed by atoms with E-state index in [1.807, 2.05) is 17.9 Å². The molecule has 2 fully saturated rings. The summed E-state index contributed by atoms with van der Waals surface area (Å²) in [4.78, 5) is 25.5. The Morgan fingerprint density at radius 2 is 2.08 bits per heavy atom. The second kappa shape index (κ2) is 6.84. The molecule has 0 radical (unpaired) electrons. The van der Waals surface area contributed by atoms with Gasteiger partial charge in [-0.05, 0) is 25.5 Å². The summed E-state index contributed by atoms with van der Waals surface area (Å²) in [7, 11) is 0. The Morgan fingerprint density at radius 1 is 1.24 bits per heavy atom. The van der Waals surface area contributed by atoms with Crippen molar-refractivity contribution in [1.29, 1.82) is 0 Å². The largest absolute Gasteiger partial charge is 0.469 e. The van der Waals surface area contributed by atoms with Gasteiger partial charge in [0.2, 0.25) is 5.95 Å². The van der Waals surface area contributed by atoms with Crippen LogP contribution in [0, 0.1) is 12.8 Å². The van der Waals surface area contributed by atoms with E-state index in [9.17, 15) is 4.79 Å². The van der Waals surface area contributed by atoms with Crippen LogP contribution in [0.25, 0.3) is 0 Å². The molecule has 2 atom stereocenters. The summed E-state index contributed by atoms with van der Waals surface area (Å²) >= 11 is 0. The molecule has 2 aromatic heterocycles. The summed E-state index contributed by atoms with van der Waals surface area (Å²) < 4.78 is 11.3. The molecule has 0 aliphatic carbocycles. The third-order valence-electron chi connectivity index (χ3n) is 5.06. The van der Waals surface area contributed by atoms with Crippen molar-refractivity contribution in [2.75, 3.05) is 37.7 Å². The lowest BCUT2D eigenvalue weighted by molar-refractivity contribution is -0.0169. The quantitative estimate of drug-likeness (QED) is 0.828. The van der Waals surface area contributed by atoms with Gasteiger partial charge in [0, 0.05) is 44.5 Å². The molecule has 0 bridgehead atoms. The predicted molar refractivity (Wildman–Crippen MR) is 91.4 cm³/mol. The standard InChI is InChI=1S/C18H22N4O3/c1-13-15(4-9-24-13)17(23)21-7-3-14-11-22(8-10-25-16(14)12-21)18-19-5-2-6-20-18/h2,4-6,9,14,16H,3,7-8,10-12H2,1H3/t14-,16-/m1/s1. The lowest BCUT2D eigenvalue weighted by atomic mass is 9.93. The molecular weight excluding hydrogens is 320 g/mol. The van der Waals surface area contributed by atoms with Gasteiger partial charge in [-0.1, -0.05) is 0 Å². The zero-order valence-corrected chi connectivity index (χ0v) is 14.3. The highest BCUT2D eigenvalue weighted by molar-refractivity contribution is 5.95. The molecule has 0 N–H and O–H groups in total. The molecule has 7 nitrogen and oxygen atoms in total. The summed E-state index contributed by atoms with van der Waals surface area (Å²) in [5, 5.41) is 0. The van der Waals surface area contributed by atoms with Gasteiger partial charge >= 0.3 is 0 Å². The molecule has 2 aliphatic heterocycles. The van der Waals surface area contributed by atoms with Crippen LogP contribution in [-0.4, -0.2) is 59.7 Å². The highest BCUT2D eigenvalue weighted by atomic mass is 16.5. The van der Waals surface area contributed by atoms with Crippen LogP contribution in [0.5, 0.6) is 0 Å². The highest BCUT2D eigenvalue weighted by Crippen LogP contribution is 2.27.